The predicted octanol–water partition coefficient (Wildman–Crippen LogP) is 3.29. The van der Waals surface area contributed by atoms with Crippen LogP contribution in [0.25, 0.3) is 6.08 Å². The third-order valence-corrected chi connectivity index (χ3v) is 3.84. The van der Waals surface area contributed by atoms with Crippen LogP contribution >= 0.6 is 0 Å². The van der Waals surface area contributed by atoms with Gasteiger partial charge in [-0.25, -0.2) is 4.79 Å². The summed E-state index contributed by atoms with van der Waals surface area (Å²) in [5, 5.41) is 0. The first-order chi connectivity index (χ1) is 12.2. The van der Waals surface area contributed by atoms with Crippen molar-refractivity contribution in [3.8, 4) is 11.5 Å². The van der Waals surface area contributed by atoms with Crippen LogP contribution in [0.1, 0.15) is 40.2 Å². The topological polar surface area (TPSA) is 65.1 Å². The van der Waals surface area contributed by atoms with Gasteiger partial charge in [-0.05, 0) is 58.9 Å². The number of hydrogen-bond donors (Lipinski definition) is 0. The Morgan fingerprint density at radius 1 is 1.00 bits per heavy atom. The van der Waals surface area contributed by atoms with Gasteiger partial charge in [0.25, 0.3) is 5.91 Å². The number of methoxy groups -OCH3 is 2. The maximum Gasteiger partial charge on any atom is 0.331 e. The first-order valence-corrected chi connectivity index (χ1v) is 8.64. The van der Waals surface area contributed by atoms with Gasteiger partial charge in [0.15, 0.2) is 6.10 Å². The number of carbonyl (C=O) groups is 2. The van der Waals surface area contributed by atoms with Gasteiger partial charge in [-0.1, -0.05) is 0 Å². The van der Waals surface area contributed by atoms with Crippen molar-refractivity contribution in [1.82, 2.24) is 4.90 Å². The monoisotopic (exact) mass is 363 g/mol. The highest BCUT2D eigenvalue weighted by molar-refractivity contribution is 5.91. The highest BCUT2D eigenvalue weighted by atomic mass is 16.5. The van der Waals surface area contributed by atoms with Crippen LogP contribution in [0.5, 0.6) is 11.5 Å². The molecule has 0 saturated heterocycles. The zero-order valence-electron chi connectivity index (χ0n) is 16.6. The smallest absolute Gasteiger partial charge is 0.331 e. The van der Waals surface area contributed by atoms with Crippen molar-refractivity contribution in [3.05, 3.63) is 29.8 Å². The largest absolute Gasteiger partial charge is 0.497 e. The molecule has 0 aliphatic rings. The fourth-order valence-corrected chi connectivity index (χ4v) is 2.71. The second kappa shape index (κ2) is 9.85. The number of amides is 1. The minimum atomic E-state index is -0.857. The van der Waals surface area contributed by atoms with E-state index in [2.05, 4.69) is 0 Å². The summed E-state index contributed by atoms with van der Waals surface area (Å²) in [6.07, 6.45) is 1.99. The van der Waals surface area contributed by atoms with Crippen LogP contribution in [0.2, 0.25) is 0 Å². The molecule has 1 unspecified atom stereocenters. The van der Waals surface area contributed by atoms with Gasteiger partial charge in [0, 0.05) is 23.7 Å². The van der Waals surface area contributed by atoms with Gasteiger partial charge in [-0.15, -0.1) is 0 Å². The molecule has 144 valence electrons. The van der Waals surface area contributed by atoms with Crippen LogP contribution in [-0.2, 0) is 14.3 Å². The van der Waals surface area contributed by atoms with Crippen molar-refractivity contribution < 1.29 is 23.8 Å². The van der Waals surface area contributed by atoms with Crippen LogP contribution in [0.3, 0.4) is 0 Å². The third kappa shape index (κ3) is 5.79. The molecule has 0 bridgehead atoms. The first kappa shape index (κ1) is 21.5. The Morgan fingerprint density at radius 3 is 2.12 bits per heavy atom. The normalized spacial score (nSPS) is 12.3. The average Bonchev–Trinajstić information content (AvgIpc) is 2.58. The zero-order chi connectivity index (χ0) is 19.9. The van der Waals surface area contributed by atoms with Crippen molar-refractivity contribution >= 4 is 18.0 Å². The van der Waals surface area contributed by atoms with Crippen molar-refractivity contribution in [2.24, 2.45) is 0 Å². The molecule has 0 aromatic heterocycles. The fourth-order valence-electron chi connectivity index (χ4n) is 2.71. The van der Waals surface area contributed by atoms with E-state index in [1.807, 2.05) is 27.7 Å². The summed E-state index contributed by atoms with van der Waals surface area (Å²) in [5.41, 5.74) is 0.675. The number of rotatable bonds is 8. The molecule has 1 aromatic rings. The lowest BCUT2D eigenvalue weighted by molar-refractivity contribution is -0.157. The molecular formula is C20H29NO5. The Labute approximate surface area is 155 Å². The molecule has 0 aliphatic heterocycles. The molecule has 6 heteroatoms. The van der Waals surface area contributed by atoms with Gasteiger partial charge in [0.2, 0.25) is 0 Å². The van der Waals surface area contributed by atoms with E-state index in [0.29, 0.717) is 17.1 Å². The molecule has 1 aromatic carbocycles. The van der Waals surface area contributed by atoms with Gasteiger partial charge >= 0.3 is 5.97 Å². The van der Waals surface area contributed by atoms with E-state index in [1.54, 1.807) is 50.3 Å². The standard InChI is InChI=1S/C20H29NO5/c1-13(2)21(14(3)4)20(23)15(5)26-19(22)11-8-16-12-17(24-6)9-10-18(16)25-7/h8-15H,1-7H3/b11-8+. The predicted molar refractivity (Wildman–Crippen MR) is 101 cm³/mol. The first-order valence-electron chi connectivity index (χ1n) is 8.64. The zero-order valence-corrected chi connectivity index (χ0v) is 16.6. The molecule has 0 heterocycles. The minimum absolute atomic E-state index is 0.0280. The number of nitrogens with zero attached hydrogens (tertiary/aromatic N) is 1. The van der Waals surface area contributed by atoms with Crippen LogP contribution in [0, 0.1) is 0 Å². The van der Waals surface area contributed by atoms with Crippen LogP contribution in [-0.4, -0.2) is 49.2 Å². The summed E-state index contributed by atoms with van der Waals surface area (Å²) >= 11 is 0. The van der Waals surface area contributed by atoms with E-state index in [4.69, 9.17) is 14.2 Å². The Bertz CT molecular complexity index is 644. The summed E-state index contributed by atoms with van der Waals surface area (Å²) in [6, 6.07) is 5.32. The molecule has 1 atom stereocenters. The Hall–Kier alpha value is -2.50. The molecule has 0 N–H and O–H groups in total. The van der Waals surface area contributed by atoms with Crippen molar-refractivity contribution in [2.45, 2.75) is 52.8 Å². The van der Waals surface area contributed by atoms with Crippen LogP contribution in [0.4, 0.5) is 0 Å². The maximum absolute atomic E-state index is 12.5. The van der Waals surface area contributed by atoms with Gasteiger partial charge in [-0.2, -0.15) is 0 Å². The van der Waals surface area contributed by atoms with Crippen LogP contribution in [0.15, 0.2) is 24.3 Å². The molecule has 0 spiro atoms. The summed E-state index contributed by atoms with van der Waals surface area (Å²) in [5.74, 6) is 0.440. The number of carbonyl (C=O) groups excluding carboxylic acids is 2. The van der Waals surface area contributed by atoms with E-state index >= 15 is 0 Å². The van der Waals surface area contributed by atoms with E-state index in [0.717, 1.165) is 0 Å². The second-order valence-corrected chi connectivity index (χ2v) is 6.45. The lowest BCUT2D eigenvalue weighted by atomic mass is 10.1. The highest BCUT2D eigenvalue weighted by Gasteiger charge is 2.27. The summed E-state index contributed by atoms with van der Waals surface area (Å²) in [4.78, 5) is 26.3. The number of hydrogen-bond acceptors (Lipinski definition) is 5. The SMILES string of the molecule is COc1ccc(OC)c(/C=C/C(=O)OC(C)C(=O)N(C(C)C)C(C)C)c1. The quantitative estimate of drug-likeness (QED) is 0.524. The molecule has 0 radical (unpaired) electrons. The van der Waals surface area contributed by atoms with E-state index in [1.165, 1.54) is 6.08 Å². The van der Waals surface area contributed by atoms with Gasteiger partial charge < -0.3 is 19.1 Å². The summed E-state index contributed by atoms with van der Waals surface area (Å²) in [7, 11) is 3.11. The third-order valence-electron chi connectivity index (χ3n) is 3.84. The molecule has 1 rings (SSSR count). The van der Waals surface area contributed by atoms with Crippen LogP contribution < -0.4 is 9.47 Å². The Kier molecular flexibility index (Phi) is 8.16. The Morgan fingerprint density at radius 2 is 1.62 bits per heavy atom. The molecule has 0 aliphatic carbocycles. The van der Waals surface area contributed by atoms with Gasteiger partial charge in [0.05, 0.1) is 14.2 Å². The molecular weight excluding hydrogens is 334 g/mol. The molecule has 6 nitrogen and oxygen atoms in total. The number of esters is 1. The van der Waals surface area contributed by atoms with Crippen molar-refractivity contribution in [3.63, 3.8) is 0 Å². The maximum atomic E-state index is 12.5. The number of benzene rings is 1. The second-order valence-electron chi connectivity index (χ2n) is 6.45. The summed E-state index contributed by atoms with van der Waals surface area (Å²) < 4.78 is 15.7. The molecule has 0 fully saturated rings. The highest BCUT2D eigenvalue weighted by Crippen LogP contribution is 2.25. The minimum Gasteiger partial charge on any atom is -0.497 e. The fraction of sp³-hybridized carbons (Fsp3) is 0.500. The van der Waals surface area contributed by atoms with Gasteiger partial charge in [-0.3, -0.25) is 4.79 Å². The van der Waals surface area contributed by atoms with E-state index in [-0.39, 0.29) is 18.0 Å². The van der Waals surface area contributed by atoms with E-state index < -0.39 is 12.1 Å². The molecule has 26 heavy (non-hydrogen) atoms. The Balaban J connectivity index is 2.82. The van der Waals surface area contributed by atoms with Crippen molar-refractivity contribution in [2.75, 3.05) is 14.2 Å². The van der Waals surface area contributed by atoms with Gasteiger partial charge in [0.1, 0.15) is 11.5 Å². The number of ether oxygens (including phenoxy) is 3. The van der Waals surface area contributed by atoms with E-state index in [9.17, 15) is 9.59 Å². The molecule has 0 saturated carbocycles. The van der Waals surface area contributed by atoms with Crippen molar-refractivity contribution in [1.29, 1.82) is 0 Å². The lowest BCUT2D eigenvalue weighted by Gasteiger charge is -2.32. The lowest BCUT2D eigenvalue weighted by Crippen LogP contribution is -2.47. The summed E-state index contributed by atoms with van der Waals surface area (Å²) in [6.45, 7) is 9.31. The molecule has 1 amide bonds. The average molecular weight is 363 g/mol.